The molecular formula is C58H58Br2F2N6O5. The van der Waals surface area contributed by atoms with Crippen LogP contribution in [-0.4, -0.2) is 38.0 Å². The van der Waals surface area contributed by atoms with Gasteiger partial charge in [-0.3, -0.25) is 28.3 Å². The second-order valence-electron chi connectivity index (χ2n) is 18.3. The number of hydrogen-bond donors (Lipinski definition) is 2. The quantitative estimate of drug-likeness (QED) is 0.0987. The molecule has 1 saturated heterocycles. The molecule has 0 aliphatic carbocycles. The molecule has 0 spiro atoms. The summed E-state index contributed by atoms with van der Waals surface area (Å²) in [7, 11) is 0. The summed E-state index contributed by atoms with van der Waals surface area (Å²) in [5.74, 6) is 12.4. The van der Waals surface area contributed by atoms with Gasteiger partial charge < -0.3 is 15.8 Å². The van der Waals surface area contributed by atoms with Gasteiger partial charge in [-0.25, -0.2) is 18.7 Å². The van der Waals surface area contributed by atoms with Crippen molar-refractivity contribution in [1.29, 1.82) is 0 Å². The standard InChI is InChI=1S/C22H19FN2O.C14H15BrN2O.C8H5F.C7H6BrNO2.C7H13NO/c1-15-2-11-21-24-20-14-17(4-3-16-5-8-18(23)9-6-16)7-10-19(20)22(26)25(21)13-12-15;1-9-2-5-13-16-12-8-10(15)3-4-11(12)14(18)17(13)7-6-9;1-2-7-3-5-8(9)6-4-7;8-5-1-2-7(11-4-10)6(9)3-5;1-6-2-3-7(9)8-5-4-6/h5-10,14-15H,2,11-13H2,1H3;3-4,8-9H,2,5-7H2,1H3;1,3-6H;1-4H,9H2;6H,2-5H2,1H3,(H,8,9). The van der Waals surface area contributed by atoms with Crippen LogP contribution in [0.3, 0.4) is 0 Å². The molecule has 3 atom stereocenters. The van der Waals surface area contributed by atoms with E-state index in [9.17, 15) is 28.0 Å². The number of nitrogens with zero attached hydrogens (tertiary/aromatic N) is 4. The number of fused-ring (bicyclic) bond motifs is 4. The van der Waals surface area contributed by atoms with Crippen LogP contribution in [0, 0.1) is 53.6 Å². The lowest BCUT2D eigenvalue weighted by Crippen LogP contribution is -2.24. The molecule has 2 aromatic heterocycles. The lowest BCUT2D eigenvalue weighted by Gasteiger charge is -2.10. The molecule has 0 radical (unpaired) electrons. The Balaban J connectivity index is 0.000000160. The molecule has 10 rings (SSSR count). The summed E-state index contributed by atoms with van der Waals surface area (Å²) in [5.41, 5.74) is 9.82. The third kappa shape index (κ3) is 16.5. The number of halogens is 4. The highest BCUT2D eigenvalue weighted by atomic mass is 79.9. The molecular weight excluding hydrogens is 1060 g/mol. The third-order valence-corrected chi connectivity index (χ3v) is 13.6. The van der Waals surface area contributed by atoms with Gasteiger partial charge in [0, 0.05) is 64.5 Å². The fraction of sp³-hybridized carbons (Fsp3) is 0.310. The number of ether oxygens (including phenoxy) is 1. The normalized spacial score (nSPS) is 16.7. The number of nitrogens with two attached hydrogens (primary N) is 1. The number of terminal acetylenes is 1. The van der Waals surface area contributed by atoms with E-state index in [0.29, 0.717) is 46.2 Å². The van der Waals surface area contributed by atoms with E-state index in [4.69, 9.17) is 17.1 Å². The van der Waals surface area contributed by atoms with Crippen molar-refractivity contribution in [3.63, 3.8) is 0 Å². The second-order valence-corrected chi connectivity index (χ2v) is 20.1. The summed E-state index contributed by atoms with van der Waals surface area (Å²) in [6.45, 7) is 9.42. The summed E-state index contributed by atoms with van der Waals surface area (Å²) < 4.78 is 35.2. The monoisotopic (exact) mass is 1110 g/mol. The van der Waals surface area contributed by atoms with Gasteiger partial charge in [0.25, 0.3) is 17.6 Å². The van der Waals surface area contributed by atoms with Gasteiger partial charge in [0.15, 0.2) is 5.75 Å². The number of nitrogen functional groups attached to an aromatic ring is 1. The number of aryl methyl sites for hydroxylation is 2. The topological polar surface area (TPSA) is 151 Å². The third-order valence-electron chi connectivity index (χ3n) is 12.6. The molecule has 5 aromatic carbocycles. The van der Waals surface area contributed by atoms with Crippen LogP contribution in [0.5, 0.6) is 5.75 Å². The average Bonchev–Trinajstić information content (AvgIpc) is 3.79. The van der Waals surface area contributed by atoms with Gasteiger partial charge in [0.1, 0.15) is 23.3 Å². The molecule has 7 aromatic rings. The molecule has 378 valence electrons. The molecule has 3 N–H and O–H groups in total. The minimum Gasteiger partial charge on any atom is -0.427 e. The zero-order valence-electron chi connectivity index (χ0n) is 41.1. The largest absolute Gasteiger partial charge is 0.427 e. The highest BCUT2D eigenvalue weighted by Crippen LogP contribution is 2.25. The number of benzene rings is 5. The Morgan fingerprint density at radius 2 is 1.12 bits per heavy atom. The molecule has 5 heterocycles. The van der Waals surface area contributed by atoms with Crippen LogP contribution < -0.4 is 26.9 Å². The van der Waals surface area contributed by atoms with E-state index in [1.54, 1.807) is 48.5 Å². The number of nitrogens with one attached hydrogen (secondary N) is 1. The predicted molar refractivity (Wildman–Crippen MR) is 292 cm³/mol. The lowest BCUT2D eigenvalue weighted by atomic mass is 10.0. The van der Waals surface area contributed by atoms with Crippen molar-refractivity contribution in [2.45, 2.75) is 91.6 Å². The number of rotatable bonds is 2. The first-order chi connectivity index (χ1) is 35.1. The minimum atomic E-state index is -0.277. The molecule has 1 fully saturated rings. The Morgan fingerprint density at radius 3 is 1.68 bits per heavy atom. The van der Waals surface area contributed by atoms with E-state index in [2.05, 4.69) is 85.4 Å². The van der Waals surface area contributed by atoms with Crippen LogP contribution in [-0.2, 0) is 35.5 Å². The first-order valence-corrected chi connectivity index (χ1v) is 25.8. The van der Waals surface area contributed by atoms with Gasteiger partial charge >= 0.3 is 0 Å². The highest BCUT2D eigenvalue weighted by molar-refractivity contribution is 9.10. The Bertz CT molecular complexity index is 3270. The van der Waals surface area contributed by atoms with Crippen molar-refractivity contribution in [2.24, 2.45) is 17.8 Å². The van der Waals surface area contributed by atoms with E-state index in [-0.39, 0.29) is 28.7 Å². The zero-order valence-corrected chi connectivity index (χ0v) is 44.3. The molecule has 1 amide bonds. The van der Waals surface area contributed by atoms with Crippen LogP contribution in [0.25, 0.3) is 21.8 Å². The van der Waals surface area contributed by atoms with Crippen molar-refractivity contribution in [3.8, 4) is 29.9 Å². The van der Waals surface area contributed by atoms with E-state index in [1.165, 1.54) is 24.3 Å². The Hall–Kier alpha value is -6.94. The average molecular weight is 1120 g/mol. The summed E-state index contributed by atoms with van der Waals surface area (Å²) in [6, 6.07) is 28.1. The fourth-order valence-electron chi connectivity index (χ4n) is 8.14. The Kier molecular flexibility index (Phi) is 20.6. The van der Waals surface area contributed by atoms with Crippen molar-refractivity contribution < 1.29 is 23.1 Å². The van der Waals surface area contributed by atoms with Gasteiger partial charge in [-0.05, 0) is 159 Å². The lowest BCUT2D eigenvalue weighted by molar-refractivity contribution is -0.121. The van der Waals surface area contributed by atoms with Gasteiger partial charge in [0.2, 0.25) is 5.91 Å². The molecule has 3 aliphatic rings. The van der Waals surface area contributed by atoms with Gasteiger partial charge in [0.05, 0.1) is 27.5 Å². The van der Waals surface area contributed by atoms with Crippen molar-refractivity contribution in [3.05, 3.63) is 173 Å². The Morgan fingerprint density at radius 1 is 0.644 bits per heavy atom. The van der Waals surface area contributed by atoms with Crippen LogP contribution >= 0.6 is 31.9 Å². The van der Waals surface area contributed by atoms with Crippen LogP contribution in [0.4, 0.5) is 14.5 Å². The van der Waals surface area contributed by atoms with Crippen LogP contribution in [0.2, 0.25) is 0 Å². The van der Waals surface area contributed by atoms with Crippen molar-refractivity contribution >= 4 is 71.7 Å². The fourth-order valence-corrected chi connectivity index (χ4v) is 8.86. The van der Waals surface area contributed by atoms with Crippen LogP contribution in [0.1, 0.15) is 94.1 Å². The highest BCUT2D eigenvalue weighted by Gasteiger charge is 2.18. The molecule has 0 bridgehead atoms. The molecule has 3 unspecified atom stereocenters. The summed E-state index contributed by atoms with van der Waals surface area (Å²) in [6.07, 6.45) is 13.9. The maximum Gasteiger partial charge on any atom is 0.298 e. The molecule has 3 aliphatic heterocycles. The number of hydrogen-bond acceptors (Lipinski definition) is 8. The number of carbonyl (C=O) groups is 2. The van der Waals surface area contributed by atoms with Gasteiger partial charge in [-0.1, -0.05) is 70.4 Å². The molecule has 15 heteroatoms. The van der Waals surface area contributed by atoms with Crippen LogP contribution in [0.15, 0.2) is 122 Å². The number of anilines is 1. The molecule has 73 heavy (non-hydrogen) atoms. The predicted octanol–water partition coefficient (Wildman–Crippen LogP) is 11.3. The number of amides is 1. The maximum absolute atomic E-state index is 13.0. The first kappa shape index (κ1) is 55.4. The zero-order chi connectivity index (χ0) is 52.4. The SMILES string of the molecule is C#Cc1ccc(F)cc1.CC1CCNC(=O)CC1.CC1CCc2nc3cc(Br)ccc3c(=O)n2CC1.CC1CCc2nc3cc(C#Cc4ccc(F)cc4)ccc3c(=O)n2CC1.Nc1cc(Br)ccc1OC=O. The smallest absolute Gasteiger partial charge is 0.298 e. The van der Waals surface area contributed by atoms with Gasteiger partial charge in [-0.2, -0.15) is 0 Å². The van der Waals surface area contributed by atoms with E-state index in [1.807, 2.05) is 39.5 Å². The van der Waals surface area contributed by atoms with E-state index in [0.717, 1.165) is 126 Å². The summed E-state index contributed by atoms with van der Waals surface area (Å²) >= 11 is 6.65. The number of carbonyl (C=O) groups excluding carboxylic acids is 2. The second kappa shape index (κ2) is 27.2. The van der Waals surface area contributed by atoms with Crippen molar-refractivity contribution in [2.75, 3.05) is 12.3 Å². The Labute approximate surface area is 441 Å². The summed E-state index contributed by atoms with van der Waals surface area (Å²) in [4.78, 5) is 55.3. The summed E-state index contributed by atoms with van der Waals surface area (Å²) in [5, 5.41) is 4.19. The van der Waals surface area contributed by atoms with E-state index >= 15 is 0 Å². The van der Waals surface area contributed by atoms with E-state index < -0.39 is 0 Å². The maximum atomic E-state index is 13.0. The van der Waals surface area contributed by atoms with Gasteiger partial charge in [-0.15, -0.1) is 6.42 Å². The first-order valence-electron chi connectivity index (χ1n) is 24.2. The number of aromatic nitrogens is 4. The molecule has 11 nitrogen and oxygen atoms in total. The minimum absolute atomic E-state index is 0.0390. The molecule has 0 saturated carbocycles. The van der Waals surface area contributed by atoms with Crippen molar-refractivity contribution in [1.82, 2.24) is 24.4 Å².